The Kier molecular flexibility index (Phi) is 10.9. The van der Waals surface area contributed by atoms with Crippen molar-refractivity contribution in [3.63, 3.8) is 0 Å². The summed E-state index contributed by atoms with van der Waals surface area (Å²) in [5, 5.41) is 0. The molecule has 4 unspecified atom stereocenters. The molecule has 1 fully saturated rings. The van der Waals surface area contributed by atoms with Crippen molar-refractivity contribution >= 4 is 6.21 Å². The summed E-state index contributed by atoms with van der Waals surface area (Å²) in [7, 11) is 5.66. The van der Waals surface area contributed by atoms with Gasteiger partial charge in [-0.1, -0.05) is 37.3 Å². The number of hydrogen-bond donors (Lipinski definition) is 2. The molecule has 4 atom stereocenters. The zero-order valence-electron chi connectivity index (χ0n) is 19.3. The fraction of sp³-hybridized carbons (Fsp3) is 0.480. The minimum absolute atomic E-state index is 0. The van der Waals surface area contributed by atoms with E-state index in [2.05, 4.69) is 62.4 Å². The summed E-state index contributed by atoms with van der Waals surface area (Å²) >= 11 is 0. The van der Waals surface area contributed by atoms with Crippen LogP contribution in [0, 0.1) is 5.92 Å². The molecule has 4 nitrogen and oxygen atoms in total. The molecule has 1 heterocycles. The first-order chi connectivity index (χ1) is 14.0. The third kappa shape index (κ3) is 6.15. The van der Waals surface area contributed by atoms with Crippen LogP contribution in [0.5, 0.6) is 11.5 Å². The van der Waals surface area contributed by atoms with Crippen LogP contribution >= 0.6 is 0 Å². The Labute approximate surface area is 199 Å². The Morgan fingerprint density at radius 2 is 1.71 bits per heavy atom. The van der Waals surface area contributed by atoms with E-state index < -0.39 is 0 Å². The van der Waals surface area contributed by atoms with Crippen molar-refractivity contribution in [3.8, 4) is 11.5 Å². The maximum Gasteiger partial charge on any atom is 0.169 e. The normalized spacial score (nSPS) is 25.4. The van der Waals surface area contributed by atoms with E-state index in [0.717, 1.165) is 30.0 Å². The SMILES string of the molecule is COc1ccc(C=[NH+]CCC2(c3ccccc3)CC(C)[NH+](C)CC2C)cc1OC.[Cl-].[Cl-]. The monoisotopic (exact) mass is 466 g/mol. The highest BCUT2D eigenvalue weighted by atomic mass is 35.5. The van der Waals surface area contributed by atoms with Crippen molar-refractivity contribution in [3.05, 3.63) is 59.7 Å². The van der Waals surface area contributed by atoms with Gasteiger partial charge >= 0.3 is 0 Å². The van der Waals surface area contributed by atoms with Gasteiger partial charge in [0, 0.05) is 29.7 Å². The minimum Gasteiger partial charge on any atom is -1.00 e. The van der Waals surface area contributed by atoms with Crippen molar-refractivity contribution in [2.45, 2.75) is 38.1 Å². The van der Waals surface area contributed by atoms with E-state index in [1.807, 2.05) is 18.2 Å². The molecule has 31 heavy (non-hydrogen) atoms. The summed E-state index contributed by atoms with van der Waals surface area (Å²) in [4.78, 5) is 5.20. The van der Waals surface area contributed by atoms with Crippen molar-refractivity contribution in [1.82, 2.24) is 0 Å². The molecule has 0 radical (unpaired) electrons. The average Bonchev–Trinajstić information content (AvgIpc) is 2.75. The maximum atomic E-state index is 5.41. The van der Waals surface area contributed by atoms with Crippen LogP contribution in [-0.4, -0.2) is 46.6 Å². The number of rotatable bonds is 7. The Hall–Kier alpha value is -1.75. The first kappa shape index (κ1) is 27.3. The quantitative estimate of drug-likeness (QED) is 0.403. The summed E-state index contributed by atoms with van der Waals surface area (Å²) in [6.45, 7) is 6.98. The number of ether oxygens (including phenoxy) is 2. The molecule has 0 aliphatic carbocycles. The molecular formula is C25H36Cl2N2O2. The molecule has 2 N–H and O–H groups in total. The maximum absolute atomic E-state index is 5.41. The van der Waals surface area contributed by atoms with E-state index in [4.69, 9.17) is 9.47 Å². The van der Waals surface area contributed by atoms with Gasteiger partial charge in [-0.15, -0.1) is 0 Å². The van der Waals surface area contributed by atoms with Crippen molar-refractivity contribution in [1.29, 1.82) is 0 Å². The van der Waals surface area contributed by atoms with E-state index in [9.17, 15) is 0 Å². The van der Waals surface area contributed by atoms with Gasteiger partial charge in [-0.25, -0.2) is 4.99 Å². The largest absolute Gasteiger partial charge is 1.00 e. The first-order valence-electron chi connectivity index (χ1n) is 10.7. The molecule has 1 aliphatic heterocycles. The van der Waals surface area contributed by atoms with E-state index in [0.29, 0.717) is 12.0 Å². The van der Waals surface area contributed by atoms with Crippen molar-refractivity contribution < 1.29 is 44.2 Å². The van der Waals surface area contributed by atoms with E-state index >= 15 is 0 Å². The lowest BCUT2D eigenvalue weighted by molar-refractivity contribution is -0.915. The molecule has 2 aromatic carbocycles. The highest BCUT2D eigenvalue weighted by Crippen LogP contribution is 2.40. The second-order valence-corrected chi connectivity index (χ2v) is 8.54. The third-order valence-electron chi connectivity index (χ3n) is 6.82. The van der Waals surface area contributed by atoms with Gasteiger partial charge in [-0.2, -0.15) is 0 Å². The fourth-order valence-corrected chi connectivity index (χ4v) is 4.89. The molecule has 1 saturated heterocycles. The average molecular weight is 467 g/mol. The number of nitrogens with one attached hydrogen (secondary N) is 2. The van der Waals surface area contributed by atoms with E-state index in [1.165, 1.54) is 18.5 Å². The lowest BCUT2D eigenvalue weighted by Crippen LogP contribution is -3.15. The molecule has 0 bridgehead atoms. The van der Waals surface area contributed by atoms with Gasteiger partial charge in [0.25, 0.3) is 0 Å². The Balaban J connectivity index is 0.00000240. The fourth-order valence-electron chi connectivity index (χ4n) is 4.89. The number of quaternary nitrogens is 1. The zero-order valence-corrected chi connectivity index (χ0v) is 20.8. The summed E-state index contributed by atoms with van der Waals surface area (Å²) < 4.78 is 10.7. The van der Waals surface area contributed by atoms with Gasteiger partial charge < -0.3 is 39.2 Å². The van der Waals surface area contributed by atoms with Crippen LogP contribution in [0.2, 0.25) is 0 Å². The summed E-state index contributed by atoms with van der Waals surface area (Å²) in [5.41, 5.74) is 2.80. The molecular weight excluding hydrogens is 431 g/mol. The lowest BCUT2D eigenvalue weighted by atomic mass is 9.63. The van der Waals surface area contributed by atoms with Gasteiger partial charge in [-0.05, 0) is 30.7 Å². The predicted octanol–water partition coefficient (Wildman–Crippen LogP) is -4.52. The summed E-state index contributed by atoms with van der Waals surface area (Å²) in [6.07, 6.45) is 4.43. The van der Waals surface area contributed by atoms with Gasteiger partial charge in [0.15, 0.2) is 17.7 Å². The van der Waals surface area contributed by atoms with E-state index in [1.54, 1.807) is 19.1 Å². The smallest absolute Gasteiger partial charge is 0.169 e. The summed E-state index contributed by atoms with van der Waals surface area (Å²) in [5.74, 6) is 2.15. The molecule has 172 valence electrons. The van der Waals surface area contributed by atoms with Gasteiger partial charge in [0.2, 0.25) is 0 Å². The van der Waals surface area contributed by atoms with Gasteiger partial charge in [0.1, 0.15) is 6.54 Å². The molecule has 6 heteroatoms. The third-order valence-corrected chi connectivity index (χ3v) is 6.82. The van der Waals surface area contributed by atoms with Crippen LogP contribution in [0.3, 0.4) is 0 Å². The predicted molar refractivity (Wildman–Crippen MR) is 118 cm³/mol. The molecule has 2 aromatic rings. The summed E-state index contributed by atoms with van der Waals surface area (Å²) in [6, 6.07) is 17.8. The Morgan fingerprint density at radius 1 is 1.03 bits per heavy atom. The molecule has 0 saturated carbocycles. The van der Waals surface area contributed by atoms with Gasteiger partial charge in [-0.3, -0.25) is 0 Å². The van der Waals surface area contributed by atoms with Crippen LogP contribution in [0.1, 0.15) is 37.8 Å². The Bertz CT molecular complexity index is 832. The Morgan fingerprint density at radius 3 is 2.35 bits per heavy atom. The lowest BCUT2D eigenvalue weighted by Gasteiger charge is -2.46. The second-order valence-electron chi connectivity index (χ2n) is 8.54. The number of piperidine rings is 1. The highest BCUT2D eigenvalue weighted by Gasteiger charge is 2.46. The molecule has 1 aliphatic rings. The topological polar surface area (TPSA) is 36.9 Å². The number of likely N-dealkylation sites (tertiary alicyclic amines) is 1. The second kappa shape index (κ2) is 12.3. The minimum atomic E-state index is 0. The van der Waals surface area contributed by atoms with Gasteiger partial charge in [0.05, 0.1) is 33.9 Å². The molecule has 0 amide bonds. The van der Waals surface area contributed by atoms with Crippen LogP contribution in [0.4, 0.5) is 0 Å². The number of benzene rings is 2. The van der Waals surface area contributed by atoms with E-state index in [-0.39, 0.29) is 30.2 Å². The molecule has 3 rings (SSSR count). The van der Waals surface area contributed by atoms with Crippen molar-refractivity contribution in [2.24, 2.45) is 5.92 Å². The van der Waals surface area contributed by atoms with Crippen molar-refractivity contribution in [2.75, 3.05) is 34.4 Å². The number of methoxy groups -OCH3 is 2. The number of halogens is 2. The molecule has 0 spiro atoms. The standard InChI is InChI=1S/C25H34N2O2.2ClH/c1-19-18-27(3)20(2)16-25(19,22-9-7-6-8-10-22)13-14-26-17-21-11-12-23(28-4)24(15-21)29-5;;/h6-12,15,17,19-20H,13-14,16,18H2,1-5H3;2*1H. The van der Waals surface area contributed by atoms with Crippen LogP contribution in [0.15, 0.2) is 48.5 Å². The van der Waals surface area contributed by atoms with Crippen LogP contribution < -0.4 is 44.2 Å². The number of hydrogen-bond acceptors (Lipinski definition) is 2. The van der Waals surface area contributed by atoms with Crippen LogP contribution in [-0.2, 0) is 5.41 Å². The van der Waals surface area contributed by atoms with Crippen LogP contribution in [0.25, 0.3) is 0 Å². The highest BCUT2D eigenvalue weighted by molar-refractivity contribution is 5.76. The first-order valence-corrected chi connectivity index (χ1v) is 10.7. The molecule has 0 aromatic heterocycles. The zero-order chi connectivity index (χ0) is 20.9.